The number of benzene rings is 2. The number of thiazole rings is 1. The van der Waals surface area contributed by atoms with Crippen LogP contribution in [0.2, 0.25) is 0 Å². The summed E-state index contributed by atoms with van der Waals surface area (Å²) in [7, 11) is 0. The summed E-state index contributed by atoms with van der Waals surface area (Å²) in [6, 6.07) is 11.9. The first-order valence-electron chi connectivity index (χ1n) is 8.98. The summed E-state index contributed by atoms with van der Waals surface area (Å²) in [6.07, 6.45) is -2.80. The van der Waals surface area contributed by atoms with E-state index in [1.165, 1.54) is 17.4 Å². The predicted molar refractivity (Wildman–Crippen MR) is 106 cm³/mol. The second-order valence-electron chi connectivity index (χ2n) is 6.52. The number of carbonyl (C=O) groups excluding carboxylic acids is 1. The van der Waals surface area contributed by atoms with E-state index in [2.05, 4.69) is 10.3 Å². The molecule has 0 aliphatic carbocycles. The SMILES string of the molecule is O=C(Cc1csc(-c2cccc(C(F)(F)F)c2)n1)NCCCc1ccc(O)cc1. The van der Waals surface area contributed by atoms with Crippen LogP contribution in [0.4, 0.5) is 13.2 Å². The Morgan fingerprint density at radius 1 is 1.14 bits per heavy atom. The number of aryl methyl sites for hydroxylation is 1. The zero-order valence-corrected chi connectivity index (χ0v) is 16.2. The molecule has 0 unspecified atom stereocenters. The zero-order valence-electron chi connectivity index (χ0n) is 15.4. The van der Waals surface area contributed by atoms with E-state index in [1.807, 2.05) is 12.1 Å². The van der Waals surface area contributed by atoms with Crippen molar-refractivity contribution >= 4 is 17.2 Å². The molecule has 0 radical (unpaired) electrons. The summed E-state index contributed by atoms with van der Waals surface area (Å²) in [6.45, 7) is 0.504. The van der Waals surface area contributed by atoms with Gasteiger partial charge in [-0.05, 0) is 42.7 Å². The standard InChI is InChI=1S/C21H19F3N2O2S/c22-21(23,24)16-5-1-4-15(11-16)20-26-17(13-29-20)12-19(28)25-10-2-3-14-6-8-18(27)9-7-14/h1,4-9,11,13,27H,2-3,10,12H2,(H,25,28). The summed E-state index contributed by atoms with van der Waals surface area (Å²) >= 11 is 1.21. The lowest BCUT2D eigenvalue weighted by atomic mass is 10.1. The van der Waals surface area contributed by atoms with Crippen molar-refractivity contribution in [1.82, 2.24) is 10.3 Å². The Bertz CT molecular complexity index is 969. The van der Waals surface area contributed by atoms with E-state index in [9.17, 15) is 23.1 Å². The van der Waals surface area contributed by atoms with Crippen molar-refractivity contribution in [1.29, 1.82) is 0 Å². The second kappa shape index (κ2) is 9.09. The lowest BCUT2D eigenvalue weighted by molar-refractivity contribution is -0.137. The highest BCUT2D eigenvalue weighted by molar-refractivity contribution is 7.13. The van der Waals surface area contributed by atoms with Crippen LogP contribution in [0.5, 0.6) is 5.75 Å². The van der Waals surface area contributed by atoms with Gasteiger partial charge >= 0.3 is 6.18 Å². The number of rotatable bonds is 7. The van der Waals surface area contributed by atoms with Crippen LogP contribution in [-0.4, -0.2) is 22.5 Å². The Morgan fingerprint density at radius 3 is 2.62 bits per heavy atom. The lowest BCUT2D eigenvalue weighted by Crippen LogP contribution is -2.26. The number of hydrogen-bond acceptors (Lipinski definition) is 4. The number of halogens is 3. The Hall–Kier alpha value is -2.87. The molecular weight excluding hydrogens is 401 g/mol. The van der Waals surface area contributed by atoms with Gasteiger partial charge in [-0.15, -0.1) is 11.3 Å². The van der Waals surface area contributed by atoms with Crippen molar-refractivity contribution in [2.45, 2.75) is 25.4 Å². The van der Waals surface area contributed by atoms with E-state index in [0.29, 0.717) is 22.8 Å². The molecule has 3 rings (SSSR count). The molecule has 1 aromatic heterocycles. The van der Waals surface area contributed by atoms with Gasteiger partial charge in [0.15, 0.2) is 0 Å². The van der Waals surface area contributed by atoms with E-state index >= 15 is 0 Å². The first-order chi connectivity index (χ1) is 13.8. The van der Waals surface area contributed by atoms with E-state index in [0.717, 1.165) is 30.5 Å². The molecule has 1 amide bonds. The summed E-state index contributed by atoms with van der Waals surface area (Å²) in [5.41, 5.74) is 1.25. The highest BCUT2D eigenvalue weighted by atomic mass is 32.1. The molecule has 1 heterocycles. The van der Waals surface area contributed by atoms with Crippen LogP contribution >= 0.6 is 11.3 Å². The predicted octanol–water partition coefficient (Wildman–Crippen LogP) is 4.83. The third-order valence-electron chi connectivity index (χ3n) is 4.23. The first kappa shape index (κ1) is 20.9. The van der Waals surface area contributed by atoms with Gasteiger partial charge in [-0.25, -0.2) is 4.98 Å². The molecule has 2 N–H and O–H groups in total. The van der Waals surface area contributed by atoms with Crippen LogP contribution < -0.4 is 5.32 Å². The molecular formula is C21H19F3N2O2S. The van der Waals surface area contributed by atoms with Gasteiger partial charge in [0, 0.05) is 17.5 Å². The number of phenolic OH excluding ortho intramolecular Hbond substituents is 1. The van der Waals surface area contributed by atoms with E-state index in [1.54, 1.807) is 23.6 Å². The van der Waals surface area contributed by atoms with E-state index in [-0.39, 0.29) is 18.1 Å². The van der Waals surface area contributed by atoms with Crippen LogP contribution in [0.15, 0.2) is 53.9 Å². The number of carbonyl (C=O) groups is 1. The van der Waals surface area contributed by atoms with Gasteiger partial charge in [0.25, 0.3) is 0 Å². The van der Waals surface area contributed by atoms with E-state index in [4.69, 9.17) is 0 Å². The number of phenols is 1. The maximum atomic E-state index is 12.9. The van der Waals surface area contributed by atoms with Gasteiger partial charge in [0.2, 0.25) is 5.91 Å². The average molecular weight is 420 g/mol. The van der Waals surface area contributed by atoms with Gasteiger partial charge in [-0.2, -0.15) is 13.2 Å². The summed E-state index contributed by atoms with van der Waals surface area (Å²) in [5, 5.41) is 14.2. The van der Waals surface area contributed by atoms with Crippen molar-refractivity contribution in [3.63, 3.8) is 0 Å². The molecule has 2 aromatic carbocycles. The average Bonchev–Trinajstić information content (AvgIpc) is 3.14. The largest absolute Gasteiger partial charge is 0.508 e. The molecule has 29 heavy (non-hydrogen) atoms. The summed E-state index contributed by atoms with van der Waals surface area (Å²) in [4.78, 5) is 16.4. The number of aromatic nitrogens is 1. The van der Waals surface area contributed by atoms with Crippen LogP contribution in [-0.2, 0) is 23.8 Å². The Morgan fingerprint density at radius 2 is 1.90 bits per heavy atom. The molecule has 152 valence electrons. The molecule has 8 heteroatoms. The second-order valence-corrected chi connectivity index (χ2v) is 7.38. The smallest absolute Gasteiger partial charge is 0.416 e. The zero-order chi connectivity index (χ0) is 20.9. The number of alkyl halides is 3. The van der Waals surface area contributed by atoms with Crippen molar-refractivity contribution in [3.8, 4) is 16.3 Å². The number of hydrogen-bond donors (Lipinski definition) is 2. The minimum atomic E-state index is -4.41. The van der Waals surface area contributed by atoms with Gasteiger partial charge in [-0.3, -0.25) is 4.79 Å². The Labute approximate surface area is 170 Å². The van der Waals surface area contributed by atoms with Crippen LogP contribution in [0, 0.1) is 0 Å². The number of amides is 1. The lowest BCUT2D eigenvalue weighted by Gasteiger charge is -2.07. The minimum Gasteiger partial charge on any atom is -0.508 e. The highest BCUT2D eigenvalue weighted by Gasteiger charge is 2.30. The molecule has 0 saturated heterocycles. The minimum absolute atomic E-state index is 0.0780. The third-order valence-corrected chi connectivity index (χ3v) is 5.17. The molecule has 0 saturated carbocycles. The van der Waals surface area contributed by atoms with Crippen molar-refractivity contribution in [3.05, 3.63) is 70.7 Å². The van der Waals surface area contributed by atoms with E-state index < -0.39 is 11.7 Å². The van der Waals surface area contributed by atoms with Crippen LogP contribution in [0.1, 0.15) is 23.2 Å². The molecule has 0 fully saturated rings. The van der Waals surface area contributed by atoms with Crippen LogP contribution in [0.25, 0.3) is 10.6 Å². The number of nitrogens with one attached hydrogen (secondary N) is 1. The third kappa shape index (κ3) is 6.05. The monoisotopic (exact) mass is 420 g/mol. The molecule has 0 spiro atoms. The molecule has 3 aromatic rings. The topological polar surface area (TPSA) is 62.2 Å². The summed E-state index contributed by atoms with van der Waals surface area (Å²) < 4.78 is 38.6. The number of nitrogens with zero attached hydrogens (tertiary/aromatic N) is 1. The van der Waals surface area contributed by atoms with Crippen molar-refractivity contribution in [2.24, 2.45) is 0 Å². The fourth-order valence-corrected chi connectivity index (χ4v) is 3.58. The highest BCUT2D eigenvalue weighted by Crippen LogP contribution is 2.33. The van der Waals surface area contributed by atoms with Gasteiger partial charge in [-0.1, -0.05) is 24.3 Å². The molecule has 4 nitrogen and oxygen atoms in total. The Balaban J connectivity index is 1.49. The van der Waals surface area contributed by atoms with Gasteiger partial charge < -0.3 is 10.4 Å². The van der Waals surface area contributed by atoms with Crippen molar-refractivity contribution in [2.75, 3.05) is 6.54 Å². The van der Waals surface area contributed by atoms with Crippen molar-refractivity contribution < 1.29 is 23.1 Å². The molecule has 0 bridgehead atoms. The summed E-state index contributed by atoms with van der Waals surface area (Å²) in [5.74, 6) is 0.0337. The quantitative estimate of drug-likeness (QED) is 0.539. The normalized spacial score (nSPS) is 11.4. The maximum absolute atomic E-state index is 12.9. The van der Waals surface area contributed by atoms with Crippen LogP contribution in [0.3, 0.4) is 0 Å². The maximum Gasteiger partial charge on any atom is 0.416 e. The van der Waals surface area contributed by atoms with Gasteiger partial charge in [0.05, 0.1) is 17.7 Å². The molecule has 0 aliphatic rings. The first-order valence-corrected chi connectivity index (χ1v) is 9.86. The van der Waals surface area contributed by atoms with Gasteiger partial charge in [0.1, 0.15) is 10.8 Å². The fraction of sp³-hybridized carbons (Fsp3) is 0.238. The molecule has 0 aliphatic heterocycles. The Kier molecular flexibility index (Phi) is 6.53. The molecule has 0 atom stereocenters. The number of aromatic hydroxyl groups is 1. The fourth-order valence-electron chi connectivity index (χ4n) is 2.76.